The van der Waals surface area contributed by atoms with Crippen molar-refractivity contribution in [3.63, 3.8) is 0 Å². The van der Waals surface area contributed by atoms with Gasteiger partial charge in [0, 0.05) is 31.8 Å². The van der Waals surface area contributed by atoms with Crippen LogP contribution in [0, 0.1) is 0 Å². The SMILES string of the molecule is CCNC(=NCc1cccc(Cl)c1)NCCCN(C)CCOC.I. The minimum absolute atomic E-state index is 0. The van der Waals surface area contributed by atoms with E-state index in [1.165, 1.54) is 0 Å². The molecule has 1 aromatic carbocycles. The predicted molar refractivity (Wildman–Crippen MR) is 114 cm³/mol. The fraction of sp³-hybridized carbons (Fsp3) is 0.588. The van der Waals surface area contributed by atoms with Crippen molar-refractivity contribution in [2.45, 2.75) is 19.9 Å². The minimum atomic E-state index is 0. The molecule has 0 heterocycles. The molecule has 0 bridgehead atoms. The van der Waals surface area contributed by atoms with E-state index < -0.39 is 0 Å². The topological polar surface area (TPSA) is 48.9 Å². The maximum Gasteiger partial charge on any atom is 0.191 e. The molecule has 0 atom stereocenters. The number of nitrogens with zero attached hydrogens (tertiary/aromatic N) is 2. The van der Waals surface area contributed by atoms with Crippen molar-refractivity contribution in [1.82, 2.24) is 15.5 Å². The van der Waals surface area contributed by atoms with Gasteiger partial charge < -0.3 is 20.3 Å². The van der Waals surface area contributed by atoms with Crippen molar-refractivity contribution in [1.29, 1.82) is 0 Å². The highest BCUT2D eigenvalue weighted by atomic mass is 127. The molecule has 0 radical (unpaired) electrons. The molecule has 0 aliphatic carbocycles. The lowest BCUT2D eigenvalue weighted by Crippen LogP contribution is -2.38. The molecule has 7 heteroatoms. The van der Waals surface area contributed by atoms with Gasteiger partial charge >= 0.3 is 0 Å². The summed E-state index contributed by atoms with van der Waals surface area (Å²) in [5, 5.41) is 7.37. The summed E-state index contributed by atoms with van der Waals surface area (Å²) >= 11 is 6.00. The fourth-order valence-corrected chi connectivity index (χ4v) is 2.27. The lowest BCUT2D eigenvalue weighted by molar-refractivity contribution is 0.161. The molecule has 138 valence electrons. The first kappa shape index (κ1) is 23.4. The average Bonchev–Trinajstić information content (AvgIpc) is 2.54. The summed E-state index contributed by atoms with van der Waals surface area (Å²) in [6.45, 7) is 7.17. The minimum Gasteiger partial charge on any atom is -0.383 e. The number of ether oxygens (including phenoxy) is 1. The van der Waals surface area contributed by atoms with E-state index in [9.17, 15) is 0 Å². The van der Waals surface area contributed by atoms with E-state index in [0.29, 0.717) is 6.54 Å². The second kappa shape index (κ2) is 14.7. The van der Waals surface area contributed by atoms with E-state index in [2.05, 4.69) is 34.5 Å². The van der Waals surface area contributed by atoms with Crippen LogP contribution in [0.25, 0.3) is 0 Å². The molecule has 0 saturated heterocycles. The Morgan fingerprint density at radius 1 is 1.29 bits per heavy atom. The highest BCUT2D eigenvalue weighted by Crippen LogP contribution is 2.11. The summed E-state index contributed by atoms with van der Waals surface area (Å²) in [5.41, 5.74) is 1.11. The van der Waals surface area contributed by atoms with Gasteiger partial charge in [0.1, 0.15) is 0 Å². The number of guanidine groups is 1. The lowest BCUT2D eigenvalue weighted by Gasteiger charge is -2.17. The van der Waals surface area contributed by atoms with Gasteiger partial charge in [-0.25, -0.2) is 4.99 Å². The van der Waals surface area contributed by atoms with Crippen molar-refractivity contribution in [2.24, 2.45) is 4.99 Å². The Morgan fingerprint density at radius 3 is 2.75 bits per heavy atom. The zero-order chi connectivity index (χ0) is 16.9. The monoisotopic (exact) mass is 468 g/mol. The van der Waals surface area contributed by atoms with Crippen LogP contribution in [0.5, 0.6) is 0 Å². The summed E-state index contributed by atoms with van der Waals surface area (Å²) in [6.07, 6.45) is 1.06. The van der Waals surface area contributed by atoms with Crippen LogP contribution in [0.2, 0.25) is 5.02 Å². The van der Waals surface area contributed by atoms with E-state index in [0.717, 1.165) is 55.8 Å². The van der Waals surface area contributed by atoms with Crippen LogP contribution in [0.15, 0.2) is 29.3 Å². The highest BCUT2D eigenvalue weighted by molar-refractivity contribution is 14.0. The van der Waals surface area contributed by atoms with Gasteiger partial charge in [0.15, 0.2) is 5.96 Å². The summed E-state index contributed by atoms with van der Waals surface area (Å²) in [5.74, 6) is 0.840. The molecule has 0 fully saturated rings. The second-order valence-electron chi connectivity index (χ2n) is 5.40. The van der Waals surface area contributed by atoms with Crippen LogP contribution in [0.1, 0.15) is 18.9 Å². The largest absolute Gasteiger partial charge is 0.383 e. The maximum atomic E-state index is 6.00. The van der Waals surface area contributed by atoms with Gasteiger partial charge in [0.2, 0.25) is 0 Å². The number of hydrogen-bond donors (Lipinski definition) is 2. The average molecular weight is 469 g/mol. The fourth-order valence-electron chi connectivity index (χ4n) is 2.06. The molecule has 0 amide bonds. The Kier molecular flexibility index (Phi) is 14.4. The van der Waals surface area contributed by atoms with Gasteiger partial charge in [0.25, 0.3) is 0 Å². The molecule has 0 saturated carbocycles. The van der Waals surface area contributed by atoms with E-state index in [-0.39, 0.29) is 24.0 Å². The third-order valence-electron chi connectivity index (χ3n) is 3.34. The van der Waals surface area contributed by atoms with E-state index >= 15 is 0 Å². The Balaban J connectivity index is 0.00000529. The molecule has 0 aliphatic rings. The molecule has 5 nitrogen and oxygen atoms in total. The van der Waals surface area contributed by atoms with E-state index in [1.807, 2.05) is 24.3 Å². The van der Waals surface area contributed by atoms with E-state index in [1.54, 1.807) is 7.11 Å². The molecule has 0 aromatic heterocycles. The maximum absolute atomic E-state index is 6.00. The smallest absolute Gasteiger partial charge is 0.191 e. The molecule has 0 spiro atoms. The van der Waals surface area contributed by atoms with Crippen molar-refractivity contribution in [3.05, 3.63) is 34.9 Å². The normalized spacial score (nSPS) is 11.3. The molecule has 1 aromatic rings. The van der Waals surface area contributed by atoms with Gasteiger partial charge in [0.05, 0.1) is 13.2 Å². The van der Waals surface area contributed by atoms with E-state index in [4.69, 9.17) is 16.3 Å². The van der Waals surface area contributed by atoms with Crippen LogP contribution in [0.3, 0.4) is 0 Å². The van der Waals surface area contributed by atoms with Gasteiger partial charge in [-0.3, -0.25) is 0 Å². The zero-order valence-corrected chi connectivity index (χ0v) is 17.9. The quantitative estimate of drug-likeness (QED) is 0.240. The first-order valence-electron chi connectivity index (χ1n) is 8.09. The molecule has 1 rings (SSSR count). The van der Waals surface area contributed by atoms with Gasteiger partial charge in [-0.2, -0.15) is 0 Å². The van der Waals surface area contributed by atoms with Crippen molar-refractivity contribution >= 4 is 41.5 Å². The van der Waals surface area contributed by atoms with Crippen LogP contribution < -0.4 is 10.6 Å². The highest BCUT2D eigenvalue weighted by Gasteiger charge is 2.00. The van der Waals surface area contributed by atoms with Crippen LogP contribution in [-0.2, 0) is 11.3 Å². The molecule has 0 unspecified atom stereocenters. The van der Waals surface area contributed by atoms with Crippen molar-refractivity contribution < 1.29 is 4.74 Å². The Bertz CT molecular complexity index is 474. The van der Waals surface area contributed by atoms with Gasteiger partial charge in [-0.15, -0.1) is 24.0 Å². The number of methoxy groups -OCH3 is 1. The third kappa shape index (κ3) is 11.1. The number of rotatable bonds is 10. The molecule has 2 N–H and O–H groups in total. The molecular weight excluding hydrogens is 439 g/mol. The first-order chi connectivity index (χ1) is 11.2. The number of benzene rings is 1. The van der Waals surface area contributed by atoms with Crippen LogP contribution in [-0.4, -0.2) is 57.8 Å². The summed E-state index contributed by atoms with van der Waals surface area (Å²) in [4.78, 5) is 6.86. The molecule has 0 aliphatic heterocycles. The van der Waals surface area contributed by atoms with Crippen molar-refractivity contribution in [2.75, 3.05) is 46.9 Å². The number of hydrogen-bond acceptors (Lipinski definition) is 3. The Morgan fingerprint density at radius 2 is 2.08 bits per heavy atom. The van der Waals surface area contributed by atoms with Crippen LogP contribution >= 0.6 is 35.6 Å². The Hall–Kier alpha value is -0.570. The van der Waals surface area contributed by atoms with Gasteiger partial charge in [-0.1, -0.05) is 23.7 Å². The summed E-state index contributed by atoms with van der Waals surface area (Å²) in [6, 6.07) is 7.80. The van der Waals surface area contributed by atoms with Gasteiger partial charge in [-0.05, 0) is 44.6 Å². The van der Waals surface area contributed by atoms with Crippen LogP contribution in [0.4, 0.5) is 0 Å². The second-order valence-corrected chi connectivity index (χ2v) is 5.84. The Labute approximate surface area is 168 Å². The third-order valence-corrected chi connectivity index (χ3v) is 3.57. The molecular formula is C17H30ClIN4O. The standard InChI is InChI=1S/C17H29ClN4O.HI/c1-4-19-17(20-9-6-10-22(2)11-12-23-3)21-14-15-7-5-8-16(18)13-15;/h5,7-8,13H,4,6,9-12,14H2,1-3H3,(H2,19,20,21);1H. The number of nitrogens with one attached hydrogen (secondary N) is 2. The van der Waals surface area contributed by atoms with Crippen molar-refractivity contribution in [3.8, 4) is 0 Å². The summed E-state index contributed by atoms with van der Waals surface area (Å²) < 4.78 is 5.08. The number of halogens is 2. The number of aliphatic imine (C=N–C) groups is 1. The lowest BCUT2D eigenvalue weighted by atomic mass is 10.2. The first-order valence-corrected chi connectivity index (χ1v) is 8.47. The predicted octanol–water partition coefficient (Wildman–Crippen LogP) is 2.98. The zero-order valence-electron chi connectivity index (χ0n) is 14.8. The number of likely N-dealkylation sites (N-methyl/N-ethyl adjacent to an activating group) is 1. The summed E-state index contributed by atoms with van der Waals surface area (Å²) in [7, 11) is 3.84. The molecule has 24 heavy (non-hydrogen) atoms.